The molecule has 0 spiro atoms. The van der Waals surface area contributed by atoms with E-state index in [-0.39, 0.29) is 30.0 Å². The Morgan fingerprint density at radius 3 is 2.73 bits per heavy atom. The van der Waals surface area contributed by atoms with E-state index in [1.54, 1.807) is 10.9 Å². The highest BCUT2D eigenvalue weighted by Gasteiger charge is 2.15. The van der Waals surface area contributed by atoms with Gasteiger partial charge in [0.1, 0.15) is 11.8 Å². The summed E-state index contributed by atoms with van der Waals surface area (Å²) in [5.74, 6) is -0.255. The van der Waals surface area contributed by atoms with Gasteiger partial charge in [0.05, 0.1) is 29.5 Å². The van der Waals surface area contributed by atoms with Crippen LogP contribution in [-0.2, 0) is 21.3 Å². The van der Waals surface area contributed by atoms with Crippen molar-refractivity contribution in [1.82, 2.24) is 24.2 Å². The molecule has 2 aromatic heterocycles. The number of sulfonamides is 1. The normalized spacial score (nSPS) is 11.3. The van der Waals surface area contributed by atoms with Crippen molar-refractivity contribution in [2.45, 2.75) is 24.3 Å². The standard InChI is InChI=1S/C18H19N7O4S/c19-7-1-8-24-30(27,28)14-5-3-13(4-6-14)18(26)29-10-2-9-25-12-23-15-16(20)21-11-22-17(15)25/h3-6,11-12,24H,1-2,8-10H2,(H2,20,21,22). The van der Waals surface area contributed by atoms with Crippen molar-refractivity contribution in [2.75, 3.05) is 18.9 Å². The Morgan fingerprint density at radius 1 is 1.23 bits per heavy atom. The van der Waals surface area contributed by atoms with Gasteiger partial charge in [0.2, 0.25) is 10.0 Å². The lowest BCUT2D eigenvalue weighted by atomic mass is 10.2. The molecule has 2 heterocycles. The second-order valence-corrected chi connectivity index (χ2v) is 7.96. The number of hydrogen-bond donors (Lipinski definition) is 2. The Labute approximate surface area is 172 Å². The van der Waals surface area contributed by atoms with Gasteiger partial charge in [-0.25, -0.2) is 32.9 Å². The highest BCUT2D eigenvalue weighted by Crippen LogP contribution is 2.15. The number of carbonyl (C=O) groups excluding carboxylic acids is 1. The highest BCUT2D eigenvalue weighted by atomic mass is 32.2. The molecule has 0 saturated heterocycles. The average molecular weight is 429 g/mol. The fourth-order valence-corrected chi connectivity index (χ4v) is 3.67. The lowest BCUT2D eigenvalue weighted by Crippen LogP contribution is -2.24. The maximum atomic E-state index is 12.2. The van der Waals surface area contributed by atoms with E-state index in [0.29, 0.717) is 29.9 Å². The number of nitriles is 1. The van der Waals surface area contributed by atoms with E-state index < -0.39 is 16.0 Å². The van der Waals surface area contributed by atoms with Gasteiger partial charge in [-0.2, -0.15) is 5.26 Å². The van der Waals surface area contributed by atoms with Crippen molar-refractivity contribution >= 4 is 33.0 Å². The second kappa shape index (κ2) is 9.29. The molecule has 3 aromatic rings. The van der Waals surface area contributed by atoms with Crippen LogP contribution in [0.3, 0.4) is 0 Å². The number of carbonyl (C=O) groups is 1. The second-order valence-electron chi connectivity index (χ2n) is 6.19. The smallest absolute Gasteiger partial charge is 0.338 e. The van der Waals surface area contributed by atoms with E-state index in [4.69, 9.17) is 15.7 Å². The summed E-state index contributed by atoms with van der Waals surface area (Å²) in [5.41, 5.74) is 7.11. The van der Waals surface area contributed by atoms with E-state index in [2.05, 4.69) is 19.7 Å². The van der Waals surface area contributed by atoms with Crippen LogP contribution in [0.5, 0.6) is 0 Å². The molecule has 0 amide bonds. The van der Waals surface area contributed by atoms with E-state index in [9.17, 15) is 13.2 Å². The minimum absolute atomic E-state index is 0.00485. The number of ether oxygens (including phenoxy) is 1. The van der Waals surface area contributed by atoms with Crippen LogP contribution < -0.4 is 10.5 Å². The number of benzene rings is 1. The summed E-state index contributed by atoms with van der Waals surface area (Å²) in [6.07, 6.45) is 3.55. The zero-order valence-corrected chi connectivity index (χ0v) is 16.7. The first-order valence-corrected chi connectivity index (χ1v) is 10.5. The summed E-state index contributed by atoms with van der Waals surface area (Å²) in [6.45, 7) is 0.702. The summed E-state index contributed by atoms with van der Waals surface area (Å²) in [4.78, 5) is 24.4. The molecule has 12 heteroatoms. The molecule has 30 heavy (non-hydrogen) atoms. The summed E-state index contributed by atoms with van der Waals surface area (Å²) < 4.78 is 33.5. The monoisotopic (exact) mass is 429 g/mol. The first-order valence-electron chi connectivity index (χ1n) is 8.97. The van der Waals surface area contributed by atoms with Crippen molar-refractivity contribution in [3.63, 3.8) is 0 Å². The molecule has 3 rings (SSSR count). The third kappa shape index (κ3) is 4.88. The van der Waals surface area contributed by atoms with E-state index in [0.717, 1.165) is 0 Å². The van der Waals surface area contributed by atoms with Gasteiger partial charge in [0.25, 0.3) is 0 Å². The van der Waals surface area contributed by atoms with Crippen LogP contribution in [0.2, 0.25) is 0 Å². The summed E-state index contributed by atoms with van der Waals surface area (Å²) >= 11 is 0. The predicted molar refractivity (Wildman–Crippen MR) is 106 cm³/mol. The summed E-state index contributed by atoms with van der Waals surface area (Å²) in [6, 6.07) is 7.24. The van der Waals surface area contributed by atoms with Crippen LogP contribution in [-0.4, -0.2) is 47.1 Å². The zero-order valence-electron chi connectivity index (χ0n) is 15.9. The minimum atomic E-state index is -3.72. The van der Waals surface area contributed by atoms with Crippen LogP contribution >= 0.6 is 0 Å². The van der Waals surface area contributed by atoms with Crippen LogP contribution in [0.4, 0.5) is 5.82 Å². The van der Waals surface area contributed by atoms with Crippen LogP contribution in [0.25, 0.3) is 11.2 Å². The van der Waals surface area contributed by atoms with Gasteiger partial charge in [0.15, 0.2) is 11.5 Å². The Hall–Kier alpha value is -3.56. The van der Waals surface area contributed by atoms with Crippen molar-refractivity contribution in [1.29, 1.82) is 5.26 Å². The molecule has 0 radical (unpaired) electrons. The number of nitrogen functional groups attached to an aromatic ring is 1. The van der Waals surface area contributed by atoms with Crippen LogP contribution in [0.15, 0.2) is 41.8 Å². The van der Waals surface area contributed by atoms with Gasteiger partial charge in [-0.05, 0) is 30.7 Å². The van der Waals surface area contributed by atoms with Gasteiger partial charge in [-0.3, -0.25) is 0 Å². The maximum absolute atomic E-state index is 12.2. The van der Waals surface area contributed by atoms with E-state index in [1.807, 2.05) is 6.07 Å². The van der Waals surface area contributed by atoms with Crippen LogP contribution in [0.1, 0.15) is 23.2 Å². The first kappa shape index (κ1) is 21.2. The molecule has 1 aromatic carbocycles. The molecule has 156 valence electrons. The highest BCUT2D eigenvalue weighted by molar-refractivity contribution is 7.89. The number of nitrogens with zero attached hydrogens (tertiary/aromatic N) is 5. The molecule has 3 N–H and O–H groups in total. The number of aromatic nitrogens is 4. The molecular weight excluding hydrogens is 410 g/mol. The molecule has 0 atom stereocenters. The molecule has 0 unspecified atom stereocenters. The van der Waals surface area contributed by atoms with Gasteiger partial charge < -0.3 is 15.0 Å². The van der Waals surface area contributed by atoms with Gasteiger partial charge in [-0.1, -0.05) is 0 Å². The number of hydrogen-bond acceptors (Lipinski definition) is 9. The number of nitrogens with one attached hydrogen (secondary N) is 1. The van der Waals surface area contributed by atoms with Crippen molar-refractivity contribution in [3.05, 3.63) is 42.5 Å². The van der Waals surface area contributed by atoms with Crippen molar-refractivity contribution in [3.8, 4) is 6.07 Å². The quantitative estimate of drug-likeness (QED) is 0.370. The Kier molecular flexibility index (Phi) is 6.55. The Morgan fingerprint density at radius 2 is 2.00 bits per heavy atom. The third-order valence-corrected chi connectivity index (χ3v) is 5.61. The molecular formula is C18H19N7O4S. The Balaban J connectivity index is 1.51. The molecule has 0 bridgehead atoms. The number of aryl methyl sites for hydroxylation is 1. The lowest BCUT2D eigenvalue weighted by Gasteiger charge is -2.08. The fraction of sp³-hybridized carbons (Fsp3) is 0.278. The van der Waals surface area contributed by atoms with E-state index >= 15 is 0 Å². The Bertz CT molecular complexity index is 1180. The number of imidazole rings is 1. The van der Waals surface area contributed by atoms with Crippen LogP contribution in [0, 0.1) is 11.3 Å². The first-order chi connectivity index (χ1) is 14.4. The predicted octanol–water partition coefficient (Wildman–Crippen LogP) is 0.848. The topological polar surface area (TPSA) is 166 Å². The zero-order chi connectivity index (χ0) is 21.6. The maximum Gasteiger partial charge on any atom is 0.338 e. The summed E-state index contributed by atoms with van der Waals surface area (Å²) in [5, 5.41) is 8.48. The van der Waals surface area contributed by atoms with E-state index in [1.165, 1.54) is 30.6 Å². The number of anilines is 1. The SMILES string of the molecule is N#CCCNS(=O)(=O)c1ccc(C(=O)OCCCn2cnc3c(N)ncnc32)cc1. The third-order valence-electron chi connectivity index (χ3n) is 4.14. The van der Waals surface area contributed by atoms with Gasteiger partial charge in [0, 0.05) is 19.5 Å². The van der Waals surface area contributed by atoms with Crippen molar-refractivity contribution < 1.29 is 17.9 Å². The number of rotatable bonds is 9. The summed E-state index contributed by atoms with van der Waals surface area (Å²) in [7, 11) is -3.72. The number of esters is 1. The molecule has 0 fully saturated rings. The van der Waals surface area contributed by atoms with Gasteiger partial charge in [-0.15, -0.1) is 0 Å². The molecule has 0 aliphatic carbocycles. The minimum Gasteiger partial charge on any atom is -0.462 e. The van der Waals surface area contributed by atoms with Gasteiger partial charge >= 0.3 is 5.97 Å². The molecule has 0 aliphatic heterocycles. The fourth-order valence-electron chi connectivity index (χ4n) is 2.64. The van der Waals surface area contributed by atoms with Crippen molar-refractivity contribution in [2.24, 2.45) is 0 Å². The number of nitrogens with two attached hydrogens (primary N) is 1. The number of fused-ring (bicyclic) bond motifs is 1. The molecule has 0 saturated carbocycles. The lowest BCUT2D eigenvalue weighted by molar-refractivity contribution is 0.0496. The average Bonchev–Trinajstić information content (AvgIpc) is 3.16. The largest absolute Gasteiger partial charge is 0.462 e. The molecule has 0 aliphatic rings. The molecule has 11 nitrogen and oxygen atoms in total.